The van der Waals surface area contributed by atoms with E-state index in [1.54, 1.807) is 4.90 Å². The zero-order valence-electron chi connectivity index (χ0n) is 14.3. The SMILES string of the molecule is CC(=O)N(CC(=O)N1CCC2(CC1)OCCO2)c1ccc(C)cc1. The zero-order valence-corrected chi connectivity index (χ0v) is 14.3. The van der Waals surface area contributed by atoms with Crippen LogP contribution in [0, 0.1) is 6.92 Å². The molecule has 0 aromatic heterocycles. The van der Waals surface area contributed by atoms with E-state index < -0.39 is 5.79 Å². The van der Waals surface area contributed by atoms with Crippen LogP contribution in [0.3, 0.4) is 0 Å². The van der Waals surface area contributed by atoms with Gasteiger partial charge in [-0.05, 0) is 19.1 Å². The molecule has 0 atom stereocenters. The number of likely N-dealkylation sites (tertiary alicyclic amines) is 1. The van der Waals surface area contributed by atoms with Crippen LogP contribution in [0.5, 0.6) is 0 Å². The van der Waals surface area contributed by atoms with Crippen LogP contribution < -0.4 is 4.90 Å². The molecule has 0 aliphatic carbocycles. The second kappa shape index (κ2) is 6.91. The highest BCUT2D eigenvalue weighted by Gasteiger charge is 2.40. The van der Waals surface area contributed by atoms with E-state index in [9.17, 15) is 9.59 Å². The van der Waals surface area contributed by atoms with E-state index in [-0.39, 0.29) is 18.4 Å². The molecule has 0 bridgehead atoms. The maximum Gasteiger partial charge on any atom is 0.242 e. The summed E-state index contributed by atoms with van der Waals surface area (Å²) in [6.07, 6.45) is 1.37. The first kappa shape index (κ1) is 16.9. The highest BCUT2D eigenvalue weighted by Crippen LogP contribution is 2.31. The maximum atomic E-state index is 12.6. The molecule has 0 radical (unpaired) electrons. The van der Waals surface area contributed by atoms with Gasteiger partial charge in [0, 0.05) is 38.5 Å². The van der Waals surface area contributed by atoms with Gasteiger partial charge in [0.05, 0.1) is 13.2 Å². The molecule has 2 aliphatic rings. The van der Waals surface area contributed by atoms with Gasteiger partial charge in [0.1, 0.15) is 6.54 Å². The number of amides is 2. The van der Waals surface area contributed by atoms with Crippen LogP contribution in [0.15, 0.2) is 24.3 Å². The molecule has 0 unspecified atom stereocenters. The van der Waals surface area contributed by atoms with Crippen molar-refractivity contribution in [2.75, 3.05) is 37.7 Å². The summed E-state index contributed by atoms with van der Waals surface area (Å²) in [5.41, 5.74) is 1.86. The minimum atomic E-state index is -0.492. The Morgan fingerprint density at radius 3 is 2.25 bits per heavy atom. The van der Waals surface area contributed by atoms with E-state index in [1.807, 2.05) is 31.2 Å². The Morgan fingerprint density at radius 1 is 1.12 bits per heavy atom. The molecule has 2 amide bonds. The summed E-state index contributed by atoms with van der Waals surface area (Å²) in [4.78, 5) is 27.9. The topological polar surface area (TPSA) is 59.1 Å². The predicted octanol–water partition coefficient (Wildman–Crippen LogP) is 1.71. The molecule has 0 saturated carbocycles. The normalized spacial score (nSPS) is 19.5. The van der Waals surface area contributed by atoms with E-state index in [2.05, 4.69) is 0 Å². The lowest BCUT2D eigenvalue weighted by molar-refractivity contribution is -0.187. The standard InChI is InChI=1S/C18H24N2O4/c1-14-3-5-16(6-4-14)20(15(2)21)13-17(22)19-9-7-18(8-10-19)23-11-12-24-18/h3-6H,7-13H2,1-2H3. The van der Waals surface area contributed by atoms with Gasteiger partial charge in [0.25, 0.3) is 0 Å². The Hall–Kier alpha value is -1.92. The lowest BCUT2D eigenvalue weighted by atomic mass is 10.0. The largest absolute Gasteiger partial charge is 0.347 e. The highest BCUT2D eigenvalue weighted by atomic mass is 16.7. The van der Waals surface area contributed by atoms with Crippen LogP contribution in [0.25, 0.3) is 0 Å². The lowest BCUT2D eigenvalue weighted by Crippen LogP contribution is -2.50. The third kappa shape index (κ3) is 3.60. The quantitative estimate of drug-likeness (QED) is 0.845. The first-order valence-electron chi connectivity index (χ1n) is 8.40. The molecule has 2 aliphatic heterocycles. The molecule has 24 heavy (non-hydrogen) atoms. The monoisotopic (exact) mass is 332 g/mol. The van der Waals surface area contributed by atoms with Crippen LogP contribution in [0.2, 0.25) is 0 Å². The molecule has 6 heteroatoms. The average Bonchev–Trinajstić information content (AvgIpc) is 3.02. The Bertz CT molecular complexity index is 598. The van der Waals surface area contributed by atoms with Crippen LogP contribution in [-0.4, -0.2) is 55.3 Å². The fraction of sp³-hybridized carbons (Fsp3) is 0.556. The van der Waals surface area contributed by atoms with E-state index in [0.29, 0.717) is 39.1 Å². The van der Waals surface area contributed by atoms with Crippen molar-refractivity contribution in [1.29, 1.82) is 0 Å². The number of piperidine rings is 1. The van der Waals surface area contributed by atoms with Crippen molar-refractivity contribution < 1.29 is 19.1 Å². The fourth-order valence-corrected chi connectivity index (χ4v) is 3.23. The second-order valence-electron chi connectivity index (χ2n) is 6.43. The number of anilines is 1. The minimum absolute atomic E-state index is 0.0429. The Balaban J connectivity index is 1.62. The number of ether oxygens (including phenoxy) is 2. The Morgan fingerprint density at radius 2 is 1.71 bits per heavy atom. The van der Waals surface area contributed by atoms with Gasteiger partial charge in [-0.1, -0.05) is 17.7 Å². The number of carbonyl (C=O) groups is 2. The summed E-state index contributed by atoms with van der Waals surface area (Å²) in [5, 5.41) is 0. The number of aryl methyl sites for hydroxylation is 1. The smallest absolute Gasteiger partial charge is 0.242 e. The van der Waals surface area contributed by atoms with E-state index in [4.69, 9.17) is 9.47 Å². The van der Waals surface area contributed by atoms with Crippen LogP contribution in [0.1, 0.15) is 25.3 Å². The molecule has 2 fully saturated rings. The summed E-state index contributed by atoms with van der Waals surface area (Å²) in [7, 11) is 0. The minimum Gasteiger partial charge on any atom is -0.347 e. The van der Waals surface area contributed by atoms with Gasteiger partial charge in [-0.3, -0.25) is 9.59 Å². The van der Waals surface area contributed by atoms with Crippen LogP contribution in [-0.2, 0) is 19.1 Å². The van der Waals surface area contributed by atoms with Crippen LogP contribution in [0.4, 0.5) is 5.69 Å². The van der Waals surface area contributed by atoms with E-state index in [0.717, 1.165) is 11.3 Å². The summed E-state index contributed by atoms with van der Waals surface area (Å²) in [5.74, 6) is -0.671. The molecule has 2 saturated heterocycles. The van der Waals surface area contributed by atoms with Gasteiger partial charge in [0.15, 0.2) is 5.79 Å². The Labute approximate surface area is 142 Å². The van der Waals surface area contributed by atoms with Crippen molar-refractivity contribution in [3.8, 4) is 0 Å². The van der Waals surface area contributed by atoms with E-state index >= 15 is 0 Å². The van der Waals surface area contributed by atoms with E-state index in [1.165, 1.54) is 11.8 Å². The third-order valence-corrected chi connectivity index (χ3v) is 4.71. The Kier molecular flexibility index (Phi) is 4.87. The number of hydrogen-bond acceptors (Lipinski definition) is 4. The maximum absolute atomic E-state index is 12.6. The van der Waals surface area contributed by atoms with Gasteiger partial charge in [-0.2, -0.15) is 0 Å². The molecule has 1 aromatic rings. The van der Waals surface area contributed by atoms with Gasteiger partial charge in [-0.25, -0.2) is 0 Å². The molecular formula is C18H24N2O4. The highest BCUT2D eigenvalue weighted by molar-refractivity contribution is 5.97. The van der Waals surface area contributed by atoms with Crippen molar-refractivity contribution >= 4 is 17.5 Å². The first-order valence-corrected chi connectivity index (χ1v) is 8.40. The molecule has 1 spiro atoms. The van der Waals surface area contributed by atoms with Gasteiger partial charge in [0.2, 0.25) is 11.8 Å². The number of carbonyl (C=O) groups excluding carboxylic acids is 2. The van der Waals surface area contributed by atoms with Crippen molar-refractivity contribution in [1.82, 2.24) is 4.90 Å². The summed E-state index contributed by atoms with van der Waals surface area (Å²) >= 11 is 0. The summed E-state index contributed by atoms with van der Waals surface area (Å²) in [6.45, 7) is 5.98. The lowest BCUT2D eigenvalue weighted by Gasteiger charge is -2.38. The summed E-state index contributed by atoms with van der Waals surface area (Å²) < 4.78 is 11.4. The molecule has 3 rings (SSSR count). The molecule has 0 N–H and O–H groups in total. The third-order valence-electron chi connectivity index (χ3n) is 4.71. The molecule has 2 heterocycles. The van der Waals surface area contributed by atoms with Crippen molar-refractivity contribution in [2.24, 2.45) is 0 Å². The number of rotatable bonds is 3. The number of benzene rings is 1. The van der Waals surface area contributed by atoms with Gasteiger partial charge >= 0.3 is 0 Å². The van der Waals surface area contributed by atoms with Crippen LogP contribution >= 0.6 is 0 Å². The zero-order chi connectivity index (χ0) is 17.2. The molecular weight excluding hydrogens is 308 g/mol. The summed E-state index contributed by atoms with van der Waals surface area (Å²) in [6, 6.07) is 7.62. The van der Waals surface area contributed by atoms with Crippen molar-refractivity contribution in [3.05, 3.63) is 29.8 Å². The number of hydrogen-bond donors (Lipinski definition) is 0. The van der Waals surface area contributed by atoms with Crippen molar-refractivity contribution in [3.63, 3.8) is 0 Å². The fourth-order valence-electron chi connectivity index (χ4n) is 3.23. The molecule has 1 aromatic carbocycles. The van der Waals surface area contributed by atoms with Crippen molar-refractivity contribution in [2.45, 2.75) is 32.5 Å². The van der Waals surface area contributed by atoms with Gasteiger partial charge in [-0.15, -0.1) is 0 Å². The predicted molar refractivity (Wildman–Crippen MR) is 89.7 cm³/mol. The average molecular weight is 332 g/mol. The second-order valence-corrected chi connectivity index (χ2v) is 6.43. The number of nitrogens with zero attached hydrogens (tertiary/aromatic N) is 2. The first-order chi connectivity index (χ1) is 11.5. The van der Waals surface area contributed by atoms with Gasteiger partial charge < -0.3 is 19.3 Å². The molecule has 130 valence electrons. The molecule has 6 nitrogen and oxygen atoms in total.